The molecule has 0 N–H and O–H groups in total. The van der Waals surface area contributed by atoms with Crippen LogP contribution in [0, 0.1) is 0 Å². The third-order valence-electron chi connectivity index (χ3n) is 1.81. The van der Waals surface area contributed by atoms with Crippen molar-refractivity contribution in [3.05, 3.63) is 35.2 Å². The first-order chi connectivity index (χ1) is 7.85. The molecule has 2 rings (SSSR count). The molecule has 0 bridgehead atoms. The summed E-state index contributed by atoms with van der Waals surface area (Å²) in [6.07, 6.45) is 6.06. The number of hydrogen-bond acceptors (Lipinski definition) is 5. The van der Waals surface area contributed by atoms with Crippen molar-refractivity contribution in [3.63, 3.8) is 0 Å². The van der Waals surface area contributed by atoms with Gasteiger partial charge in [0, 0.05) is 17.3 Å². The molecular weight excluding hydrogens is 210 g/mol. The molecule has 0 saturated carbocycles. The molecule has 0 aliphatic heterocycles. The van der Waals surface area contributed by atoms with Crippen molar-refractivity contribution in [1.82, 2.24) is 19.7 Å². The number of aromatic nitrogens is 4. The Bertz CT molecular complexity index is 543. The van der Waals surface area contributed by atoms with Crippen LogP contribution in [0.15, 0.2) is 29.9 Å². The Morgan fingerprint density at radius 3 is 2.94 bits per heavy atom. The number of ether oxygens (including phenoxy) is 1. The summed E-state index contributed by atoms with van der Waals surface area (Å²) in [6.45, 7) is 0. The summed E-state index contributed by atoms with van der Waals surface area (Å²) in [5.41, 5.74) is 8.38. The maximum atomic E-state index is 8.38. The van der Waals surface area contributed by atoms with Crippen molar-refractivity contribution in [3.8, 4) is 11.6 Å². The highest BCUT2D eigenvalue weighted by atomic mass is 16.5. The molecule has 0 atom stereocenters. The fraction of sp³-hybridized carbons (Fsp3) is 0.125. The zero-order chi connectivity index (χ0) is 11.4. The van der Waals surface area contributed by atoms with E-state index in [-0.39, 0.29) is 5.82 Å². The molecule has 8 nitrogen and oxygen atoms in total. The SMILES string of the molecule is COc1cnn(-c2nccnc2N=[N+]=[N-])c1. The predicted molar refractivity (Wildman–Crippen MR) is 54.5 cm³/mol. The zero-order valence-corrected chi connectivity index (χ0v) is 8.35. The Labute approximate surface area is 90.1 Å². The highest BCUT2D eigenvalue weighted by Gasteiger charge is 2.07. The Morgan fingerprint density at radius 2 is 2.25 bits per heavy atom. The molecule has 8 heteroatoms. The van der Waals surface area contributed by atoms with E-state index in [1.54, 1.807) is 6.20 Å². The van der Waals surface area contributed by atoms with E-state index in [4.69, 9.17) is 10.3 Å². The van der Waals surface area contributed by atoms with Gasteiger partial charge in [0.05, 0.1) is 19.5 Å². The molecule has 0 saturated heterocycles. The van der Waals surface area contributed by atoms with Gasteiger partial charge in [-0.2, -0.15) is 5.10 Å². The predicted octanol–water partition coefficient (Wildman–Crippen LogP) is 1.61. The summed E-state index contributed by atoms with van der Waals surface area (Å²) in [5.74, 6) is 1.09. The summed E-state index contributed by atoms with van der Waals surface area (Å²) in [5, 5.41) is 7.43. The minimum atomic E-state index is 0.163. The third-order valence-corrected chi connectivity index (χ3v) is 1.81. The molecule has 2 aromatic rings. The van der Waals surface area contributed by atoms with Gasteiger partial charge in [0.15, 0.2) is 17.4 Å². The van der Waals surface area contributed by atoms with E-state index < -0.39 is 0 Å². The topological polar surface area (TPSA) is 102 Å². The number of azide groups is 1. The van der Waals surface area contributed by atoms with Gasteiger partial charge >= 0.3 is 0 Å². The summed E-state index contributed by atoms with van der Waals surface area (Å²) in [4.78, 5) is 10.6. The van der Waals surface area contributed by atoms with Gasteiger partial charge in [0.25, 0.3) is 0 Å². The van der Waals surface area contributed by atoms with E-state index in [9.17, 15) is 0 Å². The smallest absolute Gasteiger partial charge is 0.181 e. The first-order valence-corrected chi connectivity index (χ1v) is 4.30. The van der Waals surface area contributed by atoms with Crippen LogP contribution >= 0.6 is 0 Å². The molecule has 0 aliphatic carbocycles. The van der Waals surface area contributed by atoms with Crippen LogP contribution in [0.4, 0.5) is 5.82 Å². The molecule has 16 heavy (non-hydrogen) atoms. The Morgan fingerprint density at radius 1 is 1.44 bits per heavy atom. The molecular formula is C8H7N7O. The fourth-order valence-corrected chi connectivity index (χ4v) is 1.13. The summed E-state index contributed by atoms with van der Waals surface area (Å²) in [6, 6.07) is 0. The summed E-state index contributed by atoms with van der Waals surface area (Å²) >= 11 is 0. The lowest BCUT2D eigenvalue weighted by atomic mass is 10.6. The monoisotopic (exact) mass is 217 g/mol. The van der Waals surface area contributed by atoms with Gasteiger partial charge < -0.3 is 4.74 Å². The molecule has 0 spiro atoms. The van der Waals surface area contributed by atoms with Crippen molar-refractivity contribution < 1.29 is 4.74 Å². The van der Waals surface area contributed by atoms with Gasteiger partial charge in [0.1, 0.15) is 0 Å². The second-order valence-corrected chi connectivity index (χ2v) is 2.72. The molecule has 0 amide bonds. The minimum absolute atomic E-state index is 0.163. The maximum absolute atomic E-state index is 8.38. The first-order valence-electron chi connectivity index (χ1n) is 4.30. The number of nitrogens with zero attached hydrogens (tertiary/aromatic N) is 7. The second-order valence-electron chi connectivity index (χ2n) is 2.72. The molecule has 0 aliphatic rings. The molecule has 0 fully saturated rings. The van der Waals surface area contributed by atoms with Gasteiger partial charge in [-0.05, 0) is 10.6 Å². The maximum Gasteiger partial charge on any atom is 0.181 e. The van der Waals surface area contributed by atoms with E-state index in [0.717, 1.165) is 0 Å². The summed E-state index contributed by atoms with van der Waals surface area (Å²) in [7, 11) is 1.53. The van der Waals surface area contributed by atoms with Gasteiger partial charge in [-0.15, -0.1) is 0 Å². The average molecular weight is 217 g/mol. The van der Waals surface area contributed by atoms with Gasteiger partial charge in [-0.1, -0.05) is 0 Å². The van der Waals surface area contributed by atoms with Crippen molar-refractivity contribution >= 4 is 5.82 Å². The van der Waals surface area contributed by atoms with Crippen LogP contribution in [-0.4, -0.2) is 26.9 Å². The van der Waals surface area contributed by atoms with Crippen molar-refractivity contribution in [2.75, 3.05) is 7.11 Å². The van der Waals surface area contributed by atoms with Crippen LogP contribution in [0.2, 0.25) is 0 Å². The highest BCUT2D eigenvalue weighted by Crippen LogP contribution is 2.19. The lowest BCUT2D eigenvalue weighted by Gasteiger charge is -2.01. The van der Waals surface area contributed by atoms with Crippen LogP contribution in [-0.2, 0) is 0 Å². The highest BCUT2D eigenvalue weighted by molar-refractivity contribution is 5.44. The van der Waals surface area contributed by atoms with Gasteiger partial charge in [-0.3, -0.25) is 0 Å². The van der Waals surface area contributed by atoms with Crippen LogP contribution in [0.25, 0.3) is 16.3 Å². The van der Waals surface area contributed by atoms with Crippen LogP contribution in [0.1, 0.15) is 0 Å². The lowest BCUT2D eigenvalue weighted by Crippen LogP contribution is -1.98. The summed E-state index contributed by atoms with van der Waals surface area (Å²) < 4.78 is 6.41. The molecule has 2 heterocycles. The number of hydrogen-bond donors (Lipinski definition) is 0. The number of methoxy groups -OCH3 is 1. The number of rotatable bonds is 3. The van der Waals surface area contributed by atoms with Crippen molar-refractivity contribution in [2.24, 2.45) is 5.11 Å². The fourth-order valence-electron chi connectivity index (χ4n) is 1.13. The molecule has 80 valence electrons. The van der Waals surface area contributed by atoms with E-state index in [1.165, 1.54) is 30.4 Å². The largest absolute Gasteiger partial charge is 0.493 e. The minimum Gasteiger partial charge on any atom is -0.493 e. The molecule has 0 unspecified atom stereocenters. The van der Waals surface area contributed by atoms with Crippen LogP contribution in [0.5, 0.6) is 5.75 Å². The Hall–Kier alpha value is -2.60. The second kappa shape index (κ2) is 4.28. The average Bonchev–Trinajstić information content (AvgIpc) is 2.79. The Balaban J connectivity index is 2.50. The van der Waals surface area contributed by atoms with Gasteiger partial charge in [-0.25, -0.2) is 14.6 Å². The molecule has 0 aromatic carbocycles. The Kier molecular flexibility index (Phi) is 2.66. The van der Waals surface area contributed by atoms with Crippen molar-refractivity contribution in [2.45, 2.75) is 0 Å². The van der Waals surface area contributed by atoms with Crippen molar-refractivity contribution in [1.29, 1.82) is 0 Å². The normalized spacial score (nSPS) is 9.56. The standard InChI is InChI=1S/C8H7N7O/c1-16-6-4-12-15(5-6)8-7(13-14-9)10-2-3-11-8/h2-5H,1H3. The van der Waals surface area contributed by atoms with Crippen LogP contribution < -0.4 is 4.74 Å². The van der Waals surface area contributed by atoms with E-state index in [2.05, 4.69) is 25.1 Å². The lowest BCUT2D eigenvalue weighted by molar-refractivity contribution is 0.414. The van der Waals surface area contributed by atoms with Gasteiger partial charge in [0.2, 0.25) is 0 Å². The molecule has 0 radical (unpaired) electrons. The molecule has 2 aromatic heterocycles. The first kappa shape index (κ1) is 9.94. The quantitative estimate of drug-likeness (QED) is 0.442. The van der Waals surface area contributed by atoms with E-state index >= 15 is 0 Å². The van der Waals surface area contributed by atoms with Crippen LogP contribution in [0.3, 0.4) is 0 Å². The zero-order valence-electron chi connectivity index (χ0n) is 8.35. The van der Waals surface area contributed by atoms with E-state index in [0.29, 0.717) is 11.6 Å². The van der Waals surface area contributed by atoms with E-state index in [1.807, 2.05) is 0 Å². The third kappa shape index (κ3) is 1.77.